The molecule has 5 atom stereocenters. The highest BCUT2D eigenvalue weighted by Gasteiger charge is 2.34. The molecule has 4 rings (SSSR count). The monoisotopic (exact) mass is 944 g/mol. The highest BCUT2D eigenvalue weighted by Crippen LogP contribution is 2.41. The Balaban J connectivity index is 1.11. The number of nitrogens with two attached hydrogens (primary N) is 1. The maximum absolute atomic E-state index is 13.1. The second-order valence-corrected chi connectivity index (χ2v) is 18.3. The van der Waals surface area contributed by atoms with E-state index in [1.807, 2.05) is 6.92 Å². The number of carbonyl (C=O) groups excluding carboxylic acids is 5. The van der Waals surface area contributed by atoms with Crippen LogP contribution in [-0.2, 0) is 55.8 Å². The zero-order valence-electron chi connectivity index (χ0n) is 36.7. The van der Waals surface area contributed by atoms with Gasteiger partial charge < -0.3 is 45.8 Å². The van der Waals surface area contributed by atoms with Crippen molar-refractivity contribution >= 4 is 81.8 Å². The molecule has 0 saturated heterocycles. The Hall–Kier alpha value is -5.25. The van der Waals surface area contributed by atoms with Crippen LogP contribution < -0.4 is 21.9 Å². The van der Waals surface area contributed by atoms with Gasteiger partial charge in [0.05, 0.1) is 43.0 Å². The largest absolute Gasteiger partial charge is 0.481 e. The average molecular weight is 945 g/mol. The smallest absolute Gasteiger partial charge is 0.328 e. The number of carboxylic acids is 2. The molecule has 2 heterocycles. The number of ether oxygens (including phenoxy) is 3. The number of esters is 1. The van der Waals surface area contributed by atoms with E-state index in [-0.39, 0.29) is 117 Å². The van der Waals surface area contributed by atoms with Crippen LogP contribution in [-0.4, -0.2) is 134 Å². The van der Waals surface area contributed by atoms with E-state index in [9.17, 15) is 48.6 Å². The van der Waals surface area contributed by atoms with Crippen LogP contribution in [0.25, 0.3) is 11.0 Å². The number of aryl methyl sites for hydroxylation is 2. The first-order chi connectivity index (χ1) is 31.1. The van der Waals surface area contributed by atoms with Gasteiger partial charge in [0.25, 0.3) is 11.5 Å². The molecule has 0 spiro atoms. The third-order valence-corrected chi connectivity index (χ3v) is 14.0. The van der Waals surface area contributed by atoms with Crippen molar-refractivity contribution in [2.75, 3.05) is 56.8 Å². The predicted molar refractivity (Wildman–Crippen MR) is 245 cm³/mol. The number of carbonyl (C=O) groups is 7. The van der Waals surface area contributed by atoms with Crippen LogP contribution in [0.3, 0.4) is 0 Å². The van der Waals surface area contributed by atoms with E-state index < -0.39 is 35.8 Å². The Bertz CT molecular complexity index is 2150. The van der Waals surface area contributed by atoms with Gasteiger partial charge in [-0.3, -0.25) is 38.5 Å². The van der Waals surface area contributed by atoms with Gasteiger partial charge in [0.1, 0.15) is 29.9 Å². The number of nitrogens with zero attached hydrogens (tertiary/aromatic N) is 1. The fraction of sp³-hybridized carbons (Fsp3) is 0.568. The van der Waals surface area contributed by atoms with E-state index in [1.54, 1.807) is 54.0 Å². The van der Waals surface area contributed by atoms with Gasteiger partial charge in [0.15, 0.2) is 0 Å². The number of thioether (sulfide) groups is 2. The molecule has 8 N–H and O–H groups in total. The lowest BCUT2D eigenvalue weighted by Crippen LogP contribution is -2.42. The molecular weight excluding hydrogens is 885 g/mol. The minimum Gasteiger partial charge on any atom is -0.481 e. The van der Waals surface area contributed by atoms with Crippen LogP contribution in [0.15, 0.2) is 35.3 Å². The predicted octanol–water partition coefficient (Wildman–Crippen LogP) is 3.33. The average Bonchev–Trinajstić information content (AvgIpc) is 3.67. The first kappa shape index (κ1) is 52.4. The van der Waals surface area contributed by atoms with Crippen LogP contribution >= 0.6 is 23.5 Å². The summed E-state index contributed by atoms with van der Waals surface area (Å²) in [5.74, 6) is -3.26. The molecule has 1 aliphatic rings. The minimum absolute atomic E-state index is 0.000393. The summed E-state index contributed by atoms with van der Waals surface area (Å²) in [6.07, 6.45) is 5.04. The Labute approximate surface area is 384 Å². The van der Waals surface area contributed by atoms with Crippen molar-refractivity contribution in [3.05, 3.63) is 57.5 Å². The Morgan fingerprint density at radius 3 is 2.37 bits per heavy atom. The summed E-state index contributed by atoms with van der Waals surface area (Å²) in [5, 5.41) is 24.8. The molecule has 65 heavy (non-hydrogen) atoms. The summed E-state index contributed by atoms with van der Waals surface area (Å²) in [6, 6.07) is 5.44. The molecule has 4 unspecified atom stereocenters. The van der Waals surface area contributed by atoms with Crippen LogP contribution in [0.4, 0.5) is 5.95 Å². The summed E-state index contributed by atoms with van der Waals surface area (Å²) < 4.78 is 16.1. The van der Waals surface area contributed by atoms with Crippen molar-refractivity contribution in [3.8, 4) is 0 Å². The number of aromatic amines is 2. The summed E-state index contributed by atoms with van der Waals surface area (Å²) in [6.45, 7) is 3.99. The molecule has 21 heteroatoms. The number of nitrogen functional groups attached to an aromatic ring is 1. The molecule has 0 bridgehead atoms. The maximum atomic E-state index is 13.1. The van der Waals surface area contributed by atoms with Gasteiger partial charge in [-0.05, 0) is 80.4 Å². The van der Waals surface area contributed by atoms with Gasteiger partial charge in [0, 0.05) is 55.0 Å². The van der Waals surface area contributed by atoms with Crippen molar-refractivity contribution < 1.29 is 58.0 Å². The number of anilines is 1. The van der Waals surface area contributed by atoms with Gasteiger partial charge >= 0.3 is 17.9 Å². The van der Waals surface area contributed by atoms with Gasteiger partial charge in [-0.1, -0.05) is 19.1 Å². The van der Waals surface area contributed by atoms with Crippen LogP contribution in [0.5, 0.6) is 0 Å². The van der Waals surface area contributed by atoms with Crippen molar-refractivity contribution in [2.24, 2.45) is 11.8 Å². The summed E-state index contributed by atoms with van der Waals surface area (Å²) >= 11 is 3.13. The molecule has 2 amide bonds. The number of ketones is 2. The lowest BCUT2D eigenvalue weighted by Gasteiger charge is -2.37. The lowest BCUT2D eigenvalue weighted by molar-refractivity contribution is -0.148. The van der Waals surface area contributed by atoms with Crippen LogP contribution in [0.2, 0.25) is 0 Å². The normalized spacial score (nSPS) is 15.9. The van der Waals surface area contributed by atoms with Crippen molar-refractivity contribution in [1.29, 1.82) is 0 Å². The second kappa shape index (κ2) is 27.3. The van der Waals surface area contributed by atoms with Crippen molar-refractivity contribution in [3.63, 3.8) is 0 Å². The zero-order chi connectivity index (χ0) is 47.3. The summed E-state index contributed by atoms with van der Waals surface area (Å²) in [5.41, 5.74) is 7.57. The number of H-pyrrole nitrogens is 2. The number of carboxylic acid groups (broad SMARTS) is 2. The number of hydrogen-bond acceptors (Lipinski definition) is 15. The maximum Gasteiger partial charge on any atom is 0.328 e. The molecule has 0 aliphatic heterocycles. The molecule has 2 aromatic heterocycles. The van der Waals surface area contributed by atoms with Gasteiger partial charge in [-0.2, -0.15) is 16.7 Å². The SMILES string of the molecule is CCC(SCC1CCC1SCC(CC(=O)CCOCCC(C)=O)C(=O)O)C(=O)NCCOCCOC(=O)[C@@H](CCC(=O)O)NC(=O)c1ccc(CCc2c[nH]c3nc(N)[nH]c(=O)c23)cc1. The third-order valence-electron chi connectivity index (χ3n) is 10.8. The topological polar surface area (TPSA) is 299 Å². The number of hydrogen-bond donors (Lipinski definition) is 7. The van der Waals surface area contributed by atoms with E-state index in [2.05, 4.69) is 25.6 Å². The number of aromatic nitrogens is 3. The fourth-order valence-electron chi connectivity index (χ4n) is 6.85. The van der Waals surface area contributed by atoms with Crippen molar-refractivity contribution in [2.45, 2.75) is 94.6 Å². The van der Waals surface area contributed by atoms with Gasteiger partial charge in [-0.15, -0.1) is 11.8 Å². The van der Waals surface area contributed by atoms with Crippen LogP contribution in [0.1, 0.15) is 86.7 Å². The number of aliphatic carboxylic acids is 2. The number of Topliss-reactive ketones (excluding diaryl/α,β-unsaturated/α-hetero) is 2. The number of rotatable bonds is 32. The molecule has 356 valence electrons. The molecule has 3 aromatic rings. The first-order valence-corrected chi connectivity index (χ1v) is 23.8. The van der Waals surface area contributed by atoms with Gasteiger partial charge in [0.2, 0.25) is 11.9 Å². The quantitative estimate of drug-likeness (QED) is 0.0349. The summed E-state index contributed by atoms with van der Waals surface area (Å²) in [4.78, 5) is 107. The molecular formula is C44H60N6O13S2. The number of amides is 2. The standard InChI is InChI=1S/C44H60N6O13S2/c1-3-34(64-24-30-10-12-35(30)65-25-31(42(58)59)22-32(52)15-18-61-17-14-26(2)51)40(56)46-16-19-62-20-21-63-43(60)33(11-13-36(53)54)48-39(55)28-7-4-27(5-8-28)6-9-29-23-47-38-37(29)41(57)50-44(45)49-38/h4-5,7-8,23,30-31,33-35H,3,6,9-22,24-25H2,1-2H3,(H,46,56)(H,48,55)(H,53,54)(H,58,59)(H4,45,47,49,50,57)/t30?,31?,33-,34?,35?/m1/s1. The minimum atomic E-state index is -1.23. The van der Waals surface area contributed by atoms with Crippen LogP contribution in [0, 0.1) is 11.8 Å². The highest BCUT2D eigenvalue weighted by atomic mass is 32.2. The Morgan fingerprint density at radius 2 is 1.69 bits per heavy atom. The molecule has 1 saturated carbocycles. The molecule has 1 fully saturated rings. The van der Waals surface area contributed by atoms with E-state index >= 15 is 0 Å². The van der Waals surface area contributed by atoms with Crippen molar-refractivity contribution in [1.82, 2.24) is 25.6 Å². The first-order valence-electron chi connectivity index (χ1n) is 21.7. The Morgan fingerprint density at radius 1 is 0.954 bits per heavy atom. The number of nitrogens with one attached hydrogen (secondary N) is 4. The molecule has 19 nitrogen and oxygen atoms in total. The molecule has 1 aliphatic carbocycles. The van der Waals surface area contributed by atoms with E-state index in [0.29, 0.717) is 42.0 Å². The molecule has 1 aromatic carbocycles. The Kier molecular flexibility index (Phi) is 22.0. The lowest BCUT2D eigenvalue weighted by atomic mass is 9.86. The number of fused-ring (bicyclic) bond motifs is 1. The number of benzene rings is 1. The molecule has 0 radical (unpaired) electrons. The second-order valence-electron chi connectivity index (χ2n) is 15.7. The van der Waals surface area contributed by atoms with Gasteiger partial charge in [-0.25, -0.2) is 4.79 Å². The van der Waals surface area contributed by atoms with E-state index in [0.717, 1.165) is 29.7 Å². The fourth-order valence-corrected chi connectivity index (χ4v) is 9.87. The van der Waals surface area contributed by atoms with E-state index in [4.69, 9.17) is 19.9 Å². The highest BCUT2D eigenvalue weighted by molar-refractivity contribution is 8.01. The zero-order valence-corrected chi connectivity index (χ0v) is 38.4. The van der Waals surface area contributed by atoms with E-state index in [1.165, 1.54) is 6.92 Å². The third kappa shape index (κ3) is 17.9. The summed E-state index contributed by atoms with van der Waals surface area (Å²) in [7, 11) is 0.